The Morgan fingerprint density at radius 3 is 2.74 bits per heavy atom. The van der Waals surface area contributed by atoms with Crippen LogP contribution in [0.15, 0.2) is 45.9 Å². The number of aromatic nitrogens is 2. The number of hydrogen-bond acceptors (Lipinski definition) is 9. The third-order valence-electron chi connectivity index (χ3n) is 4.87. The van der Waals surface area contributed by atoms with Crippen molar-refractivity contribution >= 4 is 52.6 Å². The van der Waals surface area contributed by atoms with Crippen LogP contribution in [0.1, 0.15) is 16.6 Å². The number of aliphatic carboxylic acids is 1. The first-order valence-corrected chi connectivity index (χ1v) is 12.2. The zero-order valence-electron chi connectivity index (χ0n) is 16.3. The standard InChI is InChI=1S/C19H19N5O4S3/c1-9-22-23-19(31-9)30-8-11-7-29-17-13(16(26)24(17)14(11)18(27)28)21-15(25)12(20)10-5-3-2-4-6-10/h2-6,12-13,17H,7-8,20H2,1H3,(H,21,25)(H,27,28)/t12-,13?,17-/m1/s1. The van der Waals surface area contributed by atoms with Gasteiger partial charge in [0.15, 0.2) is 4.34 Å². The molecule has 2 amide bonds. The highest BCUT2D eigenvalue weighted by Crippen LogP contribution is 2.41. The number of nitrogens with two attached hydrogens (primary N) is 1. The van der Waals surface area contributed by atoms with Gasteiger partial charge in [0.05, 0.1) is 0 Å². The minimum atomic E-state index is -1.16. The van der Waals surface area contributed by atoms with Gasteiger partial charge in [-0.25, -0.2) is 4.79 Å². The number of β-lactam (4-membered cyclic amide) rings is 1. The molecule has 0 aliphatic carbocycles. The van der Waals surface area contributed by atoms with Gasteiger partial charge in [-0.15, -0.1) is 22.0 Å². The molecule has 3 atom stereocenters. The van der Waals surface area contributed by atoms with Crippen LogP contribution in [-0.2, 0) is 14.4 Å². The average Bonchev–Trinajstić information content (AvgIpc) is 3.20. The number of rotatable bonds is 7. The molecule has 1 aromatic heterocycles. The maximum absolute atomic E-state index is 12.8. The third-order valence-corrected chi connectivity index (χ3v) is 8.26. The van der Waals surface area contributed by atoms with Gasteiger partial charge in [0, 0.05) is 11.5 Å². The molecule has 3 heterocycles. The molecule has 1 fully saturated rings. The molecule has 4 N–H and O–H groups in total. The molecule has 1 aromatic carbocycles. The first-order valence-electron chi connectivity index (χ1n) is 9.30. The molecule has 0 saturated carbocycles. The summed E-state index contributed by atoms with van der Waals surface area (Å²) >= 11 is 4.26. The summed E-state index contributed by atoms with van der Waals surface area (Å²) in [5, 5.41) is 20.8. The van der Waals surface area contributed by atoms with Crippen LogP contribution in [0.5, 0.6) is 0 Å². The number of carbonyl (C=O) groups is 3. The predicted molar refractivity (Wildman–Crippen MR) is 118 cm³/mol. The van der Waals surface area contributed by atoms with Crippen LogP contribution in [0, 0.1) is 6.92 Å². The number of amides is 2. The lowest BCUT2D eigenvalue weighted by atomic mass is 10.0. The van der Waals surface area contributed by atoms with Crippen molar-refractivity contribution in [2.24, 2.45) is 5.73 Å². The van der Waals surface area contributed by atoms with E-state index in [9.17, 15) is 19.5 Å². The Bertz CT molecular complexity index is 1060. The number of carbonyl (C=O) groups excluding carboxylic acids is 2. The predicted octanol–water partition coefficient (Wildman–Crippen LogP) is 1.38. The molecule has 0 spiro atoms. The summed E-state index contributed by atoms with van der Waals surface area (Å²) in [7, 11) is 0. The smallest absolute Gasteiger partial charge is 0.352 e. The van der Waals surface area contributed by atoms with Crippen molar-refractivity contribution in [3.8, 4) is 0 Å². The van der Waals surface area contributed by atoms with E-state index in [4.69, 9.17) is 5.73 Å². The average molecular weight is 478 g/mol. The summed E-state index contributed by atoms with van der Waals surface area (Å²) < 4.78 is 0.747. The summed E-state index contributed by atoms with van der Waals surface area (Å²) in [5.41, 5.74) is 7.28. The second kappa shape index (κ2) is 8.99. The number of carboxylic acids is 1. The molecule has 1 saturated heterocycles. The molecule has 12 heteroatoms. The molecule has 2 aliphatic heterocycles. The lowest BCUT2D eigenvalue weighted by molar-refractivity contribution is -0.150. The van der Waals surface area contributed by atoms with Crippen LogP contribution < -0.4 is 11.1 Å². The topological polar surface area (TPSA) is 139 Å². The van der Waals surface area contributed by atoms with E-state index in [1.165, 1.54) is 39.8 Å². The summed E-state index contributed by atoms with van der Waals surface area (Å²) in [6.45, 7) is 1.85. The van der Waals surface area contributed by atoms with Gasteiger partial charge in [-0.1, -0.05) is 53.4 Å². The van der Waals surface area contributed by atoms with E-state index in [1.54, 1.807) is 24.3 Å². The first kappa shape index (κ1) is 21.8. The van der Waals surface area contributed by atoms with Crippen LogP contribution in [0.4, 0.5) is 0 Å². The maximum Gasteiger partial charge on any atom is 0.352 e. The summed E-state index contributed by atoms with van der Waals surface area (Å²) in [6.07, 6.45) is 0. The van der Waals surface area contributed by atoms with Crippen molar-refractivity contribution in [1.82, 2.24) is 20.4 Å². The van der Waals surface area contributed by atoms with Gasteiger partial charge in [0.25, 0.3) is 5.91 Å². The Kier molecular flexibility index (Phi) is 6.32. The summed E-state index contributed by atoms with van der Waals surface area (Å²) in [6, 6.07) is 7.15. The number of thioether (sulfide) groups is 2. The molecule has 162 valence electrons. The van der Waals surface area contributed by atoms with Gasteiger partial charge in [-0.05, 0) is 18.1 Å². The molecular weight excluding hydrogens is 458 g/mol. The molecule has 9 nitrogen and oxygen atoms in total. The van der Waals surface area contributed by atoms with E-state index in [-0.39, 0.29) is 5.70 Å². The van der Waals surface area contributed by atoms with Crippen molar-refractivity contribution in [1.29, 1.82) is 0 Å². The number of aryl methyl sites for hydroxylation is 1. The highest BCUT2D eigenvalue weighted by Gasteiger charge is 2.54. The van der Waals surface area contributed by atoms with Gasteiger partial charge >= 0.3 is 5.97 Å². The normalized spacial score (nSPS) is 21.4. The zero-order chi connectivity index (χ0) is 22.1. The quantitative estimate of drug-likeness (QED) is 0.399. The molecular formula is C19H19N5O4S3. The molecule has 0 radical (unpaired) electrons. The van der Waals surface area contributed by atoms with E-state index in [2.05, 4.69) is 15.5 Å². The molecule has 2 aliphatic rings. The van der Waals surface area contributed by atoms with E-state index in [0.29, 0.717) is 22.6 Å². The lowest BCUT2D eigenvalue weighted by Gasteiger charge is -2.49. The highest BCUT2D eigenvalue weighted by atomic mass is 32.2. The van der Waals surface area contributed by atoms with E-state index >= 15 is 0 Å². The number of carboxylic acid groups (broad SMARTS) is 1. The van der Waals surface area contributed by atoms with Crippen molar-refractivity contribution in [2.45, 2.75) is 28.7 Å². The van der Waals surface area contributed by atoms with Crippen LogP contribution in [0.2, 0.25) is 0 Å². The highest BCUT2D eigenvalue weighted by molar-refractivity contribution is 8.01. The van der Waals surface area contributed by atoms with Gasteiger partial charge in [0.1, 0.15) is 28.2 Å². The Hall–Kier alpha value is -2.41. The summed E-state index contributed by atoms with van der Waals surface area (Å²) in [4.78, 5) is 38.5. The van der Waals surface area contributed by atoms with Gasteiger partial charge < -0.3 is 16.2 Å². The minimum Gasteiger partial charge on any atom is -0.477 e. The van der Waals surface area contributed by atoms with Crippen LogP contribution >= 0.6 is 34.9 Å². The lowest BCUT2D eigenvalue weighted by Crippen LogP contribution is -2.71. The second-order valence-electron chi connectivity index (χ2n) is 6.92. The molecule has 1 unspecified atom stereocenters. The number of benzene rings is 1. The van der Waals surface area contributed by atoms with Crippen LogP contribution in [0.3, 0.4) is 0 Å². The number of hydrogen-bond donors (Lipinski definition) is 3. The fraction of sp³-hybridized carbons (Fsp3) is 0.316. The SMILES string of the molecule is Cc1nnc(SCC2=C(C(=O)O)N3C(=O)C(NC(=O)[C@H](N)c4ccccc4)[C@H]3SC2)s1. The monoisotopic (exact) mass is 477 g/mol. The Morgan fingerprint density at radius 2 is 2.10 bits per heavy atom. The van der Waals surface area contributed by atoms with Crippen molar-refractivity contribution in [3.05, 3.63) is 52.2 Å². The largest absolute Gasteiger partial charge is 0.477 e. The maximum atomic E-state index is 12.8. The molecule has 4 rings (SSSR count). The fourth-order valence-corrected chi connectivity index (χ4v) is 6.64. The zero-order valence-corrected chi connectivity index (χ0v) is 18.8. The third kappa shape index (κ3) is 4.33. The van der Waals surface area contributed by atoms with Crippen LogP contribution in [-0.4, -0.2) is 60.9 Å². The Morgan fingerprint density at radius 1 is 1.35 bits per heavy atom. The van der Waals surface area contributed by atoms with E-state index in [0.717, 1.165) is 9.35 Å². The second-order valence-corrected chi connectivity index (χ2v) is 10.4. The van der Waals surface area contributed by atoms with Gasteiger partial charge in [-0.2, -0.15) is 0 Å². The van der Waals surface area contributed by atoms with E-state index in [1.807, 2.05) is 13.0 Å². The van der Waals surface area contributed by atoms with Crippen LogP contribution in [0.25, 0.3) is 0 Å². The number of fused-ring (bicyclic) bond motifs is 1. The molecule has 0 bridgehead atoms. The van der Waals surface area contributed by atoms with Crippen molar-refractivity contribution in [3.63, 3.8) is 0 Å². The molecule has 31 heavy (non-hydrogen) atoms. The summed E-state index contributed by atoms with van der Waals surface area (Å²) in [5.74, 6) is -1.24. The van der Waals surface area contributed by atoms with E-state index < -0.39 is 35.2 Å². The van der Waals surface area contributed by atoms with Crippen molar-refractivity contribution < 1.29 is 19.5 Å². The number of nitrogens with one attached hydrogen (secondary N) is 1. The minimum absolute atomic E-state index is 0.0136. The van der Waals surface area contributed by atoms with Crippen molar-refractivity contribution in [2.75, 3.05) is 11.5 Å². The molecule has 2 aromatic rings. The van der Waals surface area contributed by atoms with Gasteiger partial charge in [0.2, 0.25) is 5.91 Å². The first-order chi connectivity index (χ1) is 14.9. The Labute approximate surface area is 190 Å². The Balaban J connectivity index is 1.45. The number of nitrogens with zero attached hydrogens (tertiary/aromatic N) is 3. The fourth-order valence-electron chi connectivity index (χ4n) is 3.33. The van der Waals surface area contributed by atoms with Gasteiger partial charge in [-0.3, -0.25) is 14.5 Å².